The topological polar surface area (TPSA) is 77.6 Å². The molecular weight excluding hydrogens is 242 g/mol. The lowest BCUT2D eigenvalue weighted by Gasteiger charge is -1.93. The predicted molar refractivity (Wildman–Crippen MR) is 65.6 cm³/mol. The summed E-state index contributed by atoms with van der Waals surface area (Å²) in [5.74, 6) is 0. The van der Waals surface area contributed by atoms with E-state index < -0.39 is 0 Å². The highest BCUT2D eigenvalue weighted by atomic mass is 32.1. The van der Waals surface area contributed by atoms with Gasteiger partial charge in [0.05, 0.1) is 5.69 Å². The molecule has 16 heavy (non-hydrogen) atoms. The number of hydrogen-bond donors (Lipinski definition) is 1. The van der Waals surface area contributed by atoms with E-state index in [4.69, 9.17) is 5.73 Å². The first-order chi connectivity index (χ1) is 7.85. The van der Waals surface area contributed by atoms with Gasteiger partial charge in [0.1, 0.15) is 9.88 Å². The molecule has 2 N–H and O–H groups in total. The summed E-state index contributed by atoms with van der Waals surface area (Å²) in [6.07, 6.45) is 2.79. The molecule has 0 amide bonds. The van der Waals surface area contributed by atoms with Gasteiger partial charge in [-0.05, 0) is 24.5 Å². The van der Waals surface area contributed by atoms with Crippen LogP contribution in [-0.2, 0) is 12.8 Å². The van der Waals surface area contributed by atoms with Crippen molar-refractivity contribution < 1.29 is 0 Å². The van der Waals surface area contributed by atoms with Gasteiger partial charge in [0.15, 0.2) is 5.01 Å². The van der Waals surface area contributed by atoms with Crippen molar-refractivity contribution in [2.45, 2.75) is 26.2 Å². The van der Waals surface area contributed by atoms with E-state index >= 15 is 0 Å². The van der Waals surface area contributed by atoms with Crippen LogP contribution in [0.15, 0.2) is 0 Å². The van der Waals surface area contributed by atoms with Crippen LogP contribution in [0.1, 0.15) is 24.0 Å². The van der Waals surface area contributed by atoms with Gasteiger partial charge in [0, 0.05) is 6.42 Å². The van der Waals surface area contributed by atoms with Gasteiger partial charge < -0.3 is 5.73 Å². The van der Waals surface area contributed by atoms with Crippen molar-refractivity contribution in [3.05, 3.63) is 10.7 Å². The Kier molecular flexibility index (Phi) is 3.92. The number of aromatic nitrogens is 4. The summed E-state index contributed by atoms with van der Waals surface area (Å²) in [7, 11) is 0. The molecule has 0 saturated carbocycles. The molecule has 0 aromatic carbocycles. The third-order valence-corrected chi connectivity index (χ3v) is 3.97. The lowest BCUT2D eigenvalue weighted by molar-refractivity contribution is 0.870. The Balaban J connectivity index is 2.24. The second kappa shape index (κ2) is 5.42. The molecule has 2 heterocycles. The van der Waals surface area contributed by atoms with E-state index in [1.807, 2.05) is 0 Å². The minimum atomic E-state index is 0.609. The molecule has 0 saturated heterocycles. The first-order valence-corrected chi connectivity index (χ1v) is 6.78. The maximum Gasteiger partial charge on any atom is 0.161 e. The average molecular weight is 255 g/mol. The predicted octanol–water partition coefficient (Wildman–Crippen LogP) is 1.51. The zero-order valence-corrected chi connectivity index (χ0v) is 10.6. The van der Waals surface area contributed by atoms with Crippen LogP contribution in [0, 0.1) is 0 Å². The fraction of sp³-hybridized carbons (Fsp3) is 0.556. The van der Waals surface area contributed by atoms with Crippen LogP contribution >= 0.6 is 22.9 Å². The van der Waals surface area contributed by atoms with Gasteiger partial charge in [-0.15, -0.1) is 15.3 Å². The minimum absolute atomic E-state index is 0.609. The largest absolute Gasteiger partial charge is 0.330 e. The molecule has 2 aromatic rings. The van der Waals surface area contributed by atoms with Crippen molar-refractivity contribution in [1.29, 1.82) is 0 Å². The maximum absolute atomic E-state index is 5.48. The molecule has 0 fully saturated rings. The van der Waals surface area contributed by atoms with Crippen LogP contribution in [0.2, 0.25) is 0 Å². The van der Waals surface area contributed by atoms with E-state index in [9.17, 15) is 0 Å². The molecular formula is C9H13N5S2. The number of aryl methyl sites for hydroxylation is 1. The van der Waals surface area contributed by atoms with Crippen LogP contribution < -0.4 is 5.73 Å². The Morgan fingerprint density at radius 3 is 2.81 bits per heavy atom. The summed E-state index contributed by atoms with van der Waals surface area (Å²) in [6, 6.07) is 0. The van der Waals surface area contributed by atoms with Crippen LogP contribution in [0.3, 0.4) is 0 Å². The number of rotatable bonds is 5. The maximum atomic E-state index is 5.48. The zero-order valence-electron chi connectivity index (χ0n) is 9.01. The molecule has 5 nitrogen and oxygen atoms in total. The second-order valence-corrected chi connectivity index (χ2v) is 5.15. The van der Waals surface area contributed by atoms with Gasteiger partial charge in [-0.2, -0.15) is 0 Å². The number of nitrogens with two attached hydrogens (primary N) is 1. The lowest BCUT2D eigenvalue weighted by Crippen LogP contribution is -2.01. The summed E-state index contributed by atoms with van der Waals surface area (Å²) in [5, 5.41) is 14.3. The van der Waals surface area contributed by atoms with Crippen molar-refractivity contribution >= 4 is 22.9 Å². The fourth-order valence-corrected chi connectivity index (χ4v) is 2.98. The molecule has 0 bridgehead atoms. The molecule has 86 valence electrons. The Bertz CT molecular complexity index is 450. The Morgan fingerprint density at radius 2 is 2.06 bits per heavy atom. The van der Waals surface area contributed by atoms with Gasteiger partial charge in [-0.25, -0.2) is 0 Å². The summed E-state index contributed by atoms with van der Waals surface area (Å²) < 4.78 is 3.98. The quantitative estimate of drug-likeness (QED) is 0.876. The molecule has 2 aromatic heterocycles. The van der Waals surface area contributed by atoms with Crippen molar-refractivity contribution in [2.24, 2.45) is 5.73 Å². The average Bonchev–Trinajstić information content (AvgIpc) is 2.87. The SMILES string of the molecule is CCCc1nnsc1-c1nnc(CCN)s1. The normalized spacial score (nSPS) is 10.9. The van der Waals surface area contributed by atoms with Gasteiger partial charge in [-0.1, -0.05) is 29.2 Å². The first kappa shape index (κ1) is 11.6. The summed E-state index contributed by atoms with van der Waals surface area (Å²) in [6.45, 7) is 2.74. The van der Waals surface area contributed by atoms with Gasteiger partial charge in [-0.3, -0.25) is 0 Å². The summed E-state index contributed by atoms with van der Waals surface area (Å²) >= 11 is 2.97. The van der Waals surface area contributed by atoms with E-state index in [1.54, 1.807) is 11.3 Å². The van der Waals surface area contributed by atoms with E-state index in [2.05, 4.69) is 26.7 Å². The van der Waals surface area contributed by atoms with Crippen molar-refractivity contribution in [2.75, 3.05) is 6.54 Å². The molecule has 0 aliphatic carbocycles. The van der Waals surface area contributed by atoms with E-state index in [1.165, 1.54) is 11.5 Å². The Labute approximate surface area is 102 Å². The molecule has 0 aliphatic heterocycles. The summed E-state index contributed by atoms with van der Waals surface area (Å²) in [5.41, 5.74) is 6.51. The van der Waals surface area contributed by atoms with E-state index in [0.29, 0.717) is 6.54 Å². The Hall–Kier alpha value is -0.920. The highest BCUT2D eigenvalue weighted by Crippen LogP contribution is 2.29. The van der Waals surface area contributed by atoms with E-state index in [0.717, 1.165) is 39.8 Å². The van der Waals surface area contributed by atoms with Crippen LogP contribution in [0.5, 0.6) is 0 Å². The smallest absolute Gasteiger partial charge is 0.161 e. The second-order valence-electron chi connectivity index (χ2n) is 3.34. The highest BCUT2D eigenvalue weighted by molar-refractivity contribution is 7.19. The van der Waals surface area contributed by atoms with Gasteiger partial charge in [0.25, 0.3) is 0 Å². The fourth-order valence-electron chi connectivity index (χ4n) is 1.34. The standard InChI is InChI=1S/C9H13N5S2/c1-2-3-6-8(16-14-11-6)9-13-12-7(15-9)4-5-10/h2-5,10H2,1H3. The zero-order chi connectivity index (χ0) is 11.4. The highest BCUT2D eigenvalue weighted by Gasteiger charge is 2.14. The molecule has 2 rings (SSSR count). The van der Waals surface area contributed by atoms with Crippen molar-refractivity contribution in [1.82, 2.24) is 19.8 Å². The molecule has 0 unspecified atom stereocenters. The van der Waals surface area contributed by atoms with Gasteiger partial charge in [0.2, 0.25) is 0 Å². The third kappa shape index (κ3) is 2.42. The molecule has 0 aliphatic rings. The van der Waals surface area contributed by atoms with Crippen LogP contribution in [0.4, 0.5) is 0 Å². The number of hydrogen-bond acceptors (Lipinski definition) is 7. The van der Waals surface area contributed by atoms with Crippen molar-refractivity contribution in [3.63, 3.8) is 0 Å². The molecule has 7 heteroatoms. The lowest BCUT2D eigenvalue weighted by atomic mass is 10.2. The first-order valence-electron chi connectivity index (χ1n) is 5.19. The molecule has 0 radical (unpaired) electrons. The van der Waals surface area contributed by atoms with Gasteiger partial charge >= 0.3 is 0 Å². The van der Waals surface area contributed by atoms with Crippen LogP contribution in [-0.4, -0.2) is 26.3 Å². The van der Waals surface area contributed by atoms with Crippen LogP contribution in [0.25, 0.3) is 9.88 Å². The third-order valence-electron chi connectivity index (χ3n) is 2.06. The molecule has 0 atom stereocenters. The van der Waals surface area contributed by atoms with Crippen molar-refractivity contribution in [3.8, 4) is 9.88 Å². The minimum Gasteiger partial charge on any atom is -0.330 e. The molecule has 0 spiro atoms. The van der Waals surface area contributed by atoms with E-state index in [-0.39, 0.29) is 0 Å². The number of nitrogens with zero attached hydrogens (tertiary/aromatic N) is 4. The monoisotopic (exact) mass is 255 g/mol. The Morgan fingerprint density at radius 1 is 1.19 bits per heavy atom. The summed E-state index contributed by atoms with van der Waals surface area (Å²) in [4.78, 5) is 1.06.